The summed E-state index contributed by atoms with van der Waals surface area (Å²) in [5, 5.41) is 12.5. The molecule has 1 unspecified atom stereocenters. The van der Waals surface area contributed by atoms with E-state index in [0.29, 0.717) is 25.2 Å². The van der Waals surface area contributed by atoms with E-state index in [1.165, 1.54) is 24.3 Å². The molecule has 0 bridgehead atoms. The average molecular weight is 252 g/mol. The highest BCUT2D eigenvalue weighted by atomic mass is 19.1. The number of carbonyl (C=O) groups is 1. The van der Waals surface area contributed by atoms with Crippen molar-refractivity contribution >= 4 is 11.6 Å². The number of aliphatic hydroxyl groups is 1. The molecule has 1 atom stereocenters. The molecule has 0 radical (unpaired) electrons. The first-order chi connectivity index (χ1) is 8.44. The van der Waals surface area contributed by atoms with Crippen LogP contribution in [0.1, 0.15) is 13.3 Å². The Kier molecular flexibility index (Phi) is 3.63. The lowest BCUT2D eigenvalue weighted by Gasteiger charge is -2.18. The molecule has 0 aliphatic carbocycles. The molecule has 1 aromatic carbocycles. The SMILES string of the molecule is CC1(O)CCN(CC(=O)Nc2ccc(F)cc2)C1. The van der Waals surface area contributed by atoms with Crippen molar-refractivity contribution in [1.82, 2.24) is 4.90 Å². The van der Waals surface area contributed by atoms with Crippen molar-refractivity contribution in [2.45, 2.75) is 18.9 Å². The molecular weight excluding hydrogens is 235 g/mol. The molecule has 0 spiro atoms. The van der Waals surface area contributed by atoms with E-state index >= 15 is 0 Å². The minimum absolute atomic E-state index is 0.153. The number of likely N-dealkylation sites (tertiary alicyclic amines) is 1. The van der Waals surface area contributed by atoms with Crippen LogP contribution >= 0.6 is 0 Å². The molecule has 2 rings (SSSR count). The van der Waals surface area contributed by atoms with Crippen molar-refractivity contribution in [3.8, 4) is 0 Å². The topological polar surface area (TPSA) is 52.6 Å². The third kappa shape index (κ3) is 3.51. The van der Waals surface area contributed by atoms with Crippen LogP contribution in [-0.4, -0.2) is 41.1 Å². The second-order valence-electron chi connectivity index (χ2n) is 5.01. The maximum atomic E-state index is 12.7. The van der Waals surface area contributed by atoms with Crippen molar-refractivity contribution in [1.29, 1.82) is 0 Å². The zero-order valence-electron chi connectivity index (χ0n) is 10.3. The Morgan fingerprint density at radius 3 is 2.72 bits per heavy atom. The molecule has 1 saturated heterocycles. The van der Waals surface area contributed by atoms with Gasteiger partial charge in [0.1, 0.15) is 5.82 Å². The van der Waals surface area contributed by atoms with Gasteiger partial charge in [-0.25, -0.2) is 4.39 Å². The number of hydrogen-bond acceptors (Lipinski definition) is 3. The minimum Gasteiger partial charge on any atom is -0.389 e. The highest BCUT2D eigenvalue weighted by molar-refractivity contribution is 5.92. The summed E-state index contributed by atoms with van der Waals surface area (Å²) < 4.78 is 12.7. The number of nitrogens with zero attached hydrogens (tertiary/aromatic N) is 1. The molecule has 18 heavy (non-hydrogen) atoms. The second kappa shape index (κ2) is 5.04. The number of amides is 1. The summed E-state index contributed by atoms with van der Waals surface area (Å²) in [6, 6.07) is 5.65. The number of β-amino-alcohol motifs (C(OH)–C–C–N with tert-alkyl or cyclic N) is 1. The van der Waals surface area contributed by atoms with Gasteiger partial charge in [-0.15, -0.1) is 0 Å². The molecule has 1 aliphatic rings. The standard InChI is InChI=1S/C13H17FN2O2/c1-13(18)6-7-16(9-13)8-12(17)15-11-4-2-10(14)3-5-11/h2-5,18H,6-9H2,1H3,(H,15,17). The van der Waals surface area contributed by atoms with Crippen LogP contribution < -0.4 is 5.32 Å². The summed E-state index contributed by atoms with van der Waals surface area (Å²) >= 11 is 0. The molecule has 2 N–H and O–H groups in total. The van der Waals surface area contributed by atoms with Gasteiger partial charge in [0.25, 0.3) is 0 Å². The number of benzene rings is 1. The van der Waals surface area contributed by atoms with Crippen LogP contribution in [0.25, 0.3) is 0 Å². The van der Waals surface area contributed by atoms with Gasteiger partial charge in [0.2, 0.25) is 5.91 Å². The lowest BCUT2D eigenvalue weighted by atomic mass is 10.1. The Morgan fingerprint density at radius 1 is 1.50 bits per heavy atom. The highest BCUT2D eigenvalue weighted by Gasteiger charge is 2.31. The molecule has 1 heterocycles. The zero-order chi connectivity index (χ0) is 13.2. The number of carbonyl (C=O) groups excluding carboxylic acids is 1. The molecule has 1 amide bonds. The first-order valence-corrected chi connectivity index (χ1v) is 5.95. The Balaban J connectivity index is 1.84. The number of hydrogen-bond donors (Lipinski definition) is 2. The quantitative estimate of drug-likeness (QED) is 0.850. The van der Waals surface area contributed by atoms with Crippen LogP contribution in [0.4, 0.5) is 10.1 Å². The largest absolute Gasteiger partial charge is 0.389 e. The van der Waals surface area contributed by atoms with Crippen LogP contribution in [0, 0.1) is 5.82 Å². The molecule has 98 valence electrons. The van der Waals surface area contributed by atoms with Gasteiger partial charge in [0.05, 0.1) is 12.1 Å². The second-order valence-corrected chi connectivity index (χ2v) is 5.01. The summed E-state index contributed by atoms with van der Waals surface area (Å²) in [5.74, 6) is -0.483. The number of nitrogens with one attached hydrogen (secondary N) is 1. The first kappa shape index (κ1) is 13.0. The van der Waals surface area contributed by atoms with Crippen molar-refractivity contribution < 1.29 is 14.3 Å². The Hall–Kier alpha value is -1.46. The third-order valence-electron chi connectivity index (χ3n) is 3.03. The van der Waals surface area contributed by atoms with Crippen molar-refractivity contribution in [3.05, 3.63) is 30.1 Å². The van der Waals surface area contributed by atoms with Crippen LogP contribution in [0.15, 0.2) is 24.3 Å². The van der Waals surface area contributed by atoms with Gasteiger partial charge in [-0.1, -0.05) is 0 Å². The molecular formula is C13H17FN2O2. The van der Waals surface area contributed by atoms with E-state index in [1.807, 2.05) is 4.90 Å². The molecule has 0 aromatic heterocycles. The third-order valence-corrected chi connectivity index (χ3v) is 3.03. The lowest BCUT2D eigenvalue weighted by Crippen LogP contribution is -2.35. The van der Waals surface area contributed by atoms with Crippen molar-refractivity contribution in [2.75, 3.05) is 25.0 Å². The zero-order valence-corrected chi connectivity index (χ0v) is 10.3. The van der Waals surface area contributed by atoms with Crippen LogP contribution in [-0.2, 0) is 4.79 Å². The smallest absolute Gasteiger partial charge is 0.238 e. The Labute approximate surface area is 105 Å². The summed E-state index contributed by atoms with van der Waals surface area (Å²) in [7, 11) is 0. The molecule has 4 nitrogen and oxygen atoms in total. The average Bonchev–Trinajstić information content (AvgIpc) is 2.61. The normalized spacial score (nSPS) is 24.2. The van der Waals surface area contributed by atoms with Crippen LogP contribution in [0.3, 0.4) is 0 Å². The predicted octanol–water partition coefficient (Wildman–Crippen LogP) is 1.22. The number of halogens is 1. The molecule has 1 aromatic rings. The first-order valence-electron chi connectivity index (χ1n) is 5.95. The highest BCUT2D eigenvalue weighted by Crippen LogP contribution is 2.19. The van der Waals surface area contributed by atoms with Gasteiger partial charge in [0, 0.05) is 18.8 Å². The lowest BCUT2D eigenvalue weighted by molar-refractivity contribution is -0.117. The molecule has 5 heteroatoms. The Morgan fingerprint density at radius 2 is 2.17 bits per heavy atom. The Bertz CT molecular complexity index is 431. The summed E-state index contributed by atoms with van der Waals surface area (Å²) in [6.45, 7) is 3.23. The molecule has 1 aliphatic heterocycles. The van der Waals surface area contributed by atoms with E-state index in [0.717, 1.165) is 0 Å². The maximum Gasteiger partial charge on any atom is 0.238 e. The number of rotatable bonds is 3. The van der Waals surface area contributed by atoms with Gasteiger partial charge in [-0.3, -0.25) is 9.69 Å². The van der Waals surface area contributed by atoms with E-state index in [4.69, 9.17) is 0 Å². The predicted molar refractivity (Wildman–Crippen MR) is 66.7 cm³/mol. The minimum atomic E-state index is -0.698. The van der Waals surface area contributed by atoms with Gasteiger partial charge in [-0.2, -0.15) is 0 Å². The van der Waals surface area contributed by atoms with Crippen molar-refractivity contribution in [2.24, 2.45) is 0 Å². The van der Waals surface area contributed by atoms with Gasteiger partial charge >= 0.3 is 0 Å². The maximum absolute atomic E-state index is 12.7. The van der Waals surface area contributed by atoms with E-state index in [1.54, 1.807) is 6.92 Å². The van der Waals surface area contributed by atoms with Gasteiger partial charge in [-0.05, 0) is 37.6 Å². The van der Waals surface area contributed by atoms with Crippen molar-refractivity contribution in [3.63, 3.8) is 0 Å². The van der Waals surface area contributed by atoms with E-state index < -0.39 is 5.60 Å². The summed E-state index contributed by atoms with van der Waals surface area (Å²) in [6.07, 6.45) is 0.677. The fourth-order valence-corrected chi connectivity index (χ4v) is 2.11. The summed E-state index contributed by atoms with van der Waals surface area (Å²) in [4.78, 5) is 13.6. The van der Waals surface area contributed by atoms with Gasteiger partial charge < -0.3 is 10.4 Å². The molecule has 0 saturated carbocycles. The fourth-order valence-electron chi connectivity index (χ4n) is 2.11. The molecule has 1 fully saturated rings. The van der Waals surface area contributed by atoms with Crippen LogP contribution in [0.2, 0.25) is 0 Å². The van der Waals surface area contributed by atoms with E-state index in [-0.39, 0.29) is 18.3 Å². The number of anilines is 1. The van der Waals surface area contributed by atoms with E-state index in [9.17, 15) is 14.3 Å². The monoisotopic (exact) mass is 252 g/mol. The van der Waals surface area contributed by atoms with Crippen LogP contribution in [0.5, 0.6) is 0 Å². The fraction of sp³-hybridized carbons (Fsp3) is 0.462. The van der Waals surface area contributed by atoms with Gasteiger partial charge in [0.15, 0.2) is 0 Å². The summed E-state index contributed by atoms with van der Waals surface area (Å²) in [5.41, 5.74) is -0.122. The van der Waals surface area contributed by atoms with E-state index in [2.05, 4.69) is 5.32 Å².